The van der Waals surface area contributed by atoms with Crippen LogP contribution in [0.5, 0.6) is 0 Å². The quantitative estimate of drug-likeness (QED) is 0.496. The highest BCUT2D eigenvalue weighted by atomic mass is 19.1. The number of carbonyl (C=O) groups is 1. The van der Waals surface area contributed by atoms with Crippen molar-refractivity contribution < 1.29 is 9.18 Å². The fourth-order valence-corrected chi connectivity index (χ4v) is 3.72. The average molecular weight is 390 g/mol. The fourth-order valence-electron chi connectivity index (χ4n) is 3.72. The summed E-state index contributed by atoms with van der Waals surface area (Å²) in [5, 5.41) is 3.01. The molecule has 0 bridgehead atoms. The Balaban J connectivity index is 1.40. The summed E-state index contributed by atoms with van der Waals surface area (Å²) in [5.74, 6) is -0.373. The molecule has 6 heteroatoms. The first-order chi connectivity index (χ1) is 14.0. The third-order valence-corrected chi connectivity index (χ3v) is 5.15. The molecule has 0 aliphatic carbocycles. The van der Waals surface area contributed by atoms with Crippen LogP contribution in [0.15, 0.2) is 60.9 Å². The number of nitrogens with one attached hydrogen (secondary N) is 1. The number of benzene rings is 2. The smallest absolute Gasteiger partial charge is 0.253 e. The molecule has 4 aromatic rings. The maximum Gasteiger partial charge on any atom is 0.253 e. The molecule has 29 heavy (non-hydrogen) atoms. The van der Waals surface area contributed by atoms with Crippen LogP contribution in [0.2, 0.25) is 0 Å². The SMILES string of the molecule is Cc1cc(C(=O)NCCCn2cnc3ccccc32)c(C)n1-c1ccc(F)cc1. The molecule has 0 spiro atoms. The molecule has 2 heterocycles. The van der Waals surface area contributed by atoms with Crippen molar-refractivity contribution in [2.75, 3.05) is 6.54 Å². The predicted octanol–water partition coefficient (Wildman–Crippen LogP) is 4.40. The van der Waals surface area contributed by atoms with E-state index in [9.17, 15) is 9.18 Å². The van der Waals surface area contributed by atoms with Crippen LogP contribution in [0.1, 0.15) is 28.2 Å². The zero-order valence-electron chi connectivity index (χ0n) is 16.5. The van der Waals surface area contributed by atoms with E-state index in [0.29, 0.717) is 12.1 Å². The Morgan fingerprint density at radius 2 is 1.86 bits per heavy atom. The van der Waals surface area contributed by atoms with Crippen LogP contribution < -0.4 is 5.32 Å². The molecular formula is C23H23FN4O. The number of fused-ring (bicyclic) bond motifs is 1. The van der Waals surface area contributed by atoms with Gasteiger partial charge in [-0.1, -0.05) is 12.1 Å². The molecule has 0 radical (unpaired) electrons. The lowest BCUT2D eigenvalue weighted by molar-refractivity contribution is 0.0952. The minimum atomic E-state index is -0.278. The summed E-state index contributed by atoms with van der Waals surface area (Å²) in [6.45, 7) is 5.21. The molecule has 0 atom stereocenters. The Hall–Kier alpha value is -3.41. The van der Waals surface area contributed by atoms with Crippen LogP contribution in [-0.4, -0.2) is 26.6 Å². The normalized spacial score (nSPS) is 11.1. The van der Waals surface area contributed by atoms with Gasteiger partial charge >= 0.3 is 0 Å². The molecule has 148 valence electrons. The lowest BCUT2D eigenvalue weighted by atomic mass is 10.2. The van der Waals surface area contributed by atoms with Gasteiger partial charge < -0.3 is 14.5 Å². The van der Waals surface area contributed by atoms with Crippen LogP contribution in [0.3, 0.4) is 0 Å². The molecule has 0 aliphatic rings. The van der Waals surface area contributed by atoms with Crippen LogP contribution in [0.25, 0.3) is 16.7 Å². The minimum Gasteiger partial charge on any atom is -0.352 e. The second-order valence-electron chi connectivity index (χ2n) is 7.13. The molecule has 0 saturated carbocycles. The maximum absolute atomic E-state index is 13.2. The third kappa shape index (κ3) is 3.78. The maximum atomic E-state index is 13.2. The molecule has 4 rings (SSSR count). The topological polar surface area (TPSA) is 51.9 Å². The first kappa shape index (κ1) is 18.9. The van der Waals surface area contributed by atoms with E-state index in [0.717, 1.165) is 41.1 Å². The lowest BCUT2D eigenvalue weighted by Crippen LogP contribution is -2.25. The van der Waals surface area contributed by atoms with Crippen molar-refractivity contribution in [1.82, 2.24) is 19.4 Å². The van der Waals surface area contributed by atoms with E-state index in [1.165, 1.54) is 12.1 Å². The van der Waals surface area contributed by atoms with E-state index in [4.69, 9.17) is 0 Å². The van der Waals surface area contributed by atoms with Gasteiger partial charge in [0.05, 0.1) is 22.9 Å². The summed E-state index contributed by atoms with van der Waals surface area (Å²) in [7, 11) is 0. The first-order valence-electron chi connectivity index (χ1n) is 9.67. The molecule has 2 aromatic carbocycles. The van der Waals surface area contributed by atoms with Gasteiger partial charge in [-0.15, -0.1) is 0 Å². The van der Waals surface area contributed by atoms with Crippen molar-refractivity contribution in [2.45, 2.75) is 26.8 Å². The van der Waals surface area contributed by atoms with Crippen molar-refractivity contribution >= 4 is 16.9 Å². The number of para-hydroxylation sites is 2. The Bertz CT molecular complexity index is 1160. The largest absolute Gasteiger partial charge is 0.352 e. The van der Waals surface area contributed by atoms with Gasteiger partial charge in [0.25, 0.3) is 5.91 Å². The van der Waals surface area contributed by atoms with Gasteiger partial charge in [-0.3, -0.25) is 4.79 Å². The summed E-state index contributed by atoms with van der Waals surface area (Å²) in [6, 6.07) is 16.2. The van der Waals surface area contributed by atoms with E-state index < -0.39 is 0 Å². The number of carbonyl (C=O) groups excluding carboxylic acids is 1. The van der Waals surface area contributed by atoms with Crippen molar-refractivity contribution in [3.63, 3.8) is 0 Å². The fraction of sp³-hybridized carbons (Fsp3) is 0.217. The number of aryl methyl sites for hydroxylation is 2. The molecule has 0 fully saturated rings. The predicted molar refractivity (Wildman–Crippen MR) is 112 cm³/mol. The van der Waals surface area contributed by atoms with Gasteiger partial charge in [0.1, 0.15) is 5.82 Å². The minimum absolute atomic E-state index is 0.0954. The number of rotatable bonds is 6. The van der Waals surface area contributed by atoms with Crippen LogP contribution in [0.4, 0.5) is 4.39 Å². The van der Waals surface area contributed by atoms with E-state index in [1.807, 2.05) is 55.1 Å². The monoisotopic (exact) mass is 390 g/mol. The Morgan fingerprint density at radius 3 is 2.66 bits per heavy atom. The molecule has 0 saturated heterocycles. The number of amides is 1. The Labute approximate surface area is 168 Å². The molecule has 5 nitrogen and oxygen atoms in total. The Morgan fingerprint density at radius 1 is 1.10 bits per heavy atom. The molecule has 2 aromatic heterocycles. The number of hydrogen-bond donors (Lipinski definition) is 1. The number of imidazole rings is 1. The third-order valence-electron chi connectivity index (χ3n) is 5.15. The second-order valence-corrected chi connectivity index (χ2v) is 7.13. The zero-order valence-corrected chi connectivity index (χ0v) is 16.5. The van der Waals surface area contributed by atoms with Gasteiger partial charge in [0.2, 0.25) is 0 Å². The second kappa shape index (κ2) is 7.91. The highest BCUT2D eigenvalue weighted by Gasteiger charge is 2.16. The number of hydrogen-bond acceptors (Lipinski definition) is 2. The van der Waals surface area contributed by atoms with Crippen molar-refractivity contribution in [1.29, 1.82) is 0 Å². The van der Waals surface area contributed by atoms with Gasteiger partial charge in [0, 0.05) is 30.2 Å². The molecular weight excluding hydrogens is 367 g/mol. The standard InChI is InChI=1S/C23H23FN4O/c1-16-14-20(17(2)28(16)19-10-8-18(24)9-11-19)23(29)25-12-5-13-27-15-26-21-6-3-4-7-22(21)27/h3-4,6-11,14-15H,5,12-13H2,1-2H3,(H,25,29). The highest BCUT2D eigenvalue weighted by molar-refractivity contribution is 5.95. The number of aromatic nitrogens is 3. The van der Waals surface area contributed by atoms with Gasteiger partial charge in [-0.2, -0.15) is 0 Å². The van der Waals surface area contributed by atoms with Crippen LogP contribution in [0, 0.1) is 19.7 Å². The summed E-state index contributed by atoms with van der Waals surface area (Å²) in [4.78, 5) is 17.1. The van der Waals surface area contributed by atoms with Crippen LogP contribution in [-0.2, 0) is 6.54 Å². The van der Waals surface area contributed by atoms with E-state index in [-0.39, 0.29) is 11.7 Å². The van der Waals surface area contributed by atoms with Crippen molar-refractivity contribution in [2.24, 2.45) is 0 Å². The average Bonchev–Trinajstić information content (AvgIpc) is 3.26. The Kier molecular flexibility index (Phi) is 5.16. The molecule has 1 N–H and O–H groups in total. The number of halogens is 1. The summed E-state index contributed by atoms with van der Waals surface area (Å²) < 4.78 is 17.3. The number of nitrogens with zero attached hydrogens (tertiary/aromatic N) is 3. The van der Waals surface area contributed by atoms with Gasteiger partial charge in [-0.25, -0.2) is 9.37 Å². The van der Waals surface area contributed by atoms with E-state index >= 15 is 0 Å². The highest BCUT2D eigenvalue weighted by Crippen LogP contribution is 2.21. The van der Waals surface area contributed by atoms with Gasteiger partial charge in [0.15, 0.2) is 0 Å². The van der Waals surface area contributed by atoms with Gasteiger partial charge in [-0.05, 0) is 62.7 Å². The summed E-state index contributed by atoms with van der Waals surface area (Å²) in [5.41, 5.74) is 5.33. The first-order valence-corrected chi connectivity index (χ1v) is 9.67. The van der Waals surface area contributed by atoms with Crippen molar-refractivity contribution in [3.05, 3.63) is 83.7 Å². The molecule has 0 aliphatic heterocycles. The lowest BCUT2D eigenvalue weighted by Gasteiger charge is -2.10. The summed E-state index contributed by atoms with van der Waals surface area (Å²) >= 11 is 0. The summed E-state index contributed by atoms with van der Waals surface area (Å²) in [6.07, 6.45) is 2.64. The van der Waals surface area contributed by atoms with Crippen LogP contribution >= 0.6 is 0 Å². The van der Waals surface area contributed by atoms with E-state index in [2.05, 4.69) is 14.9 Å². The van der Waals surface area contributed by atoms with Crippen molar-refractivity contribution in [3.8, 4) is 5.69 Å². The van der Waals surface area contributed by atoms with E-state index in [1.54, 1.807) is 12.1 Å². The molecule has 1 amide bonds. The zero-order chi connectivity index (χ0) is 20.4. The molecule has 0 unspecified atom stereocenters.